The van der Waals surface area contributed by atoms with Crippen molar-refractivity contribution < 1.29 is 9.59 Å². The molecule has 0 aliphatic rings. The van der Waals surface area contributed by atoms with Gasteiger partial charge in [0.05, 0.1) is 4.88 Å². The molecule has 0 bridgehead atoms. The topological polar surface area (TPSA) is 58.2 Å². The number of amides is 3. The van der Waals surface area contributed by atoms with Crippen molar-refractivity contribution in [1.82, 2.24) is 10.6 Å². The molecular formula is C11H16N2O2S. The summed E-state index contributed by atoms with van der Waals surface area (Å²) in [5.74, 6) is 0.186. The third kappa shape index (κ3) is 4.44. The van der Waals surface area contributed by atoms with Crippen molar-refractivity contribution in [3.05, 3.63) is 22.4 Å². The molecule has 5 heteroatoms. The van der Waals surface area contributed by atoms with Gasteiger partial charge in [0.25, 0.3) is 5.91 Å². The van der Waals surface area contributed by atoms with Gasteiger partial charge >= 0.3 is 6.03 Å². The normalized spacial score (nSPS) is 10.2. The van der Waals surface area contributed by atoms with Crippen molar-refractivity contribution in [2.45, 2.75) is 20.3 Å². The molecule has 0 aliphatic heterocycles. The summed E-state index contributed by atoms with van der Waals surface area (Å²) in [4.78, 5) is 23.3. The molecule has 1 rings (SSSR count). The van der Waals surface area contributed by atoms with E-state index in [0.29, 0.717) is 17.3 Å². The van der Waals surface area contributed by atoms with Gasteiger partial charge in [0, 0.05) is 6.54 Å². The van der Waals surface area contributed by atoms with Gasteiger partial charge in [0.2, 0.25) is 0 Å². The molecule has 0 unspecified atom stereocenters. The first kappa shape index (κ1) is 12.7. The lowest BCUT2D eigenvalue weighted by atomic mass is 10.1. The van der Waals surface area contributed by atoms with E-state index in [1.807, 2.05) is 0 Å². The largest absolute Gasteiger partial charge is 0.338 e. The molecule has 0 spiro atoms. The van der Waals surface area contributed by atoms with Crippen molar-refractivity contribution in [3.63, 3.8) is 0 Å². The fourth-order valence-corrected chi connectivity index (χ4v) is 1.71. The average Bonchev–Trinajstić information content (AvgIpc) is 2.69. The second-order valence-electron chi connectivity index (χ2n) is 3.87. The maximum atomic E-state index is 11.5. The number of imide groups is 1. The van der Waals surface area contributed by atoms with Crippen LogP contribution in [0.4, 0.5) is 4.79 Å². The van der Waals surface area contributed by atoms with E-state index in [4.69, 9.17) is 0 Å². The second kappa shape index (κ2) is 6.27. The molecule has 0 aromatic carbocycles. The SMILES string of the molecule is CC(C)CCNC(=O)NC(=O)c1cccs1. The van der Waals surface area contributed by atoms with E-state index in [1.54, 1.807) is 17.5 Å². The molecule has 2 N–H and O–H groups in total. The molecule has 0 aliphatic carbocycles. The molecule has 0 fully saturated rings. The zero-order valence-corrected chi connectivity index (χ0v) is 10.3. The van der Waals surface area contributed by atoms with Gasteiger partial charge in [-0.15, -0.1) is 11.3 Å². The Morgan fingerprint density at radius 3 is 2.75 bits per heavy atom. The minimum Gasteiger partial charge on any atom is -0.338 e. The number of carbonyl (C=O) groups excluding carboxylic acids is 2. The summed E-state index contributed by atoms with van der Waals surface area (Å²) in [6.45, 7) is 4.74. The smallest absolute Gasteiger partial charge is 0.321 e. The number of rotatable bonds is 4. The quantitative estimate of drug-likeness (QED) is 0.848. The van der Waals surface area contributed by atoms with Gasteiger partial charge in [-0.05, 0) is 23.8 Å². The van der Waals surface area contributed by atoms with Gasteiger partial charge in [-0.2, -0.15) is 0 Å². The van der Waals surface area contributed by atoms with Crippen molar-refractivity contribution in [3.8, 4) is 0 Å². The zero-order valence-electron chi connectivity index (χ0n) is 9.45. The summed E-state index contributed by atoms with van der Waals surface area (Å²) in [5, 5.41) is 6.72. The molecule has 16 heavy (non-hydrogen) atoms. The Morgan fingerprint density at radius 2 is 2.19 bits per heavy atom. The Hall–Kier alpha value is -1.36. The molecule has 1 aromatic heterocycles. The summed E-state index contributed by atoms with van der Waals surface area (Å²) in [5.41, 5.74) is 0. The monoisotopic (exact) mass is 240 g/mol. The van der Waals surface area contributed by atoms with Gasteiger partial charge in [0.15, 0.2) is 0 Å². The summed E-state index contributed by atoms with van der Waals surface area (Å²) < 4.78 is 0. The first-order chi connectivity index (χ1) is 7.59. The van der Waals surface area contributed by atoms with Crippen LogP contribution in [0.25, 0.3) is 0 Å². The van der Waals surface area contributed by atoms with E-state index in [-0.39, 0.29) is 5.91 Å². The number of thiophene rings is 1. The molecule has 1 heterocycles. The molecule has 0 saturated heterocycles. The van der Waals surface area contributed by atoms with Gasteiger partial charge in [-0.3, -0.25) is 10.1 Å². The number of hydrogen-bond donors (Lipinski definition) is 2. The predicted molar refractivity (Wildman–Crippen MR) is 64.6 cm³/mol. The van der Waals surface area contributed by atoms with Crippen LogP contribution in [-0.2, 0) is 0 Å². The van der Waals surface area contributed by atoms with Gasteiger partial charge < -0.3 is 5.32 Å². The maximum Gasteiger partial charge on any atom is 0.321 e. The number of nitrogens with one attached hydrogen (secondary N) is 2. The average molecular weight is 240 g/mol. The third-order valence-corrected chi connectivity index (χ3v) is 2.85. The standard InChI is InChI=1S/C11H16N2O2S/c1-8(2)5-6-12-11(15)13-10(14)9-4-3-7-16-9/h3-4,7-8H,5-6H2,1-2H3,(H2,12,13,14,15). The van der Waals surface area contributed by atoms with E-state index < -0.39 is 6.03 Å². The van der Waals surface area contributed by atoms with E-state index in [1.165, 1.54) is 11.3 Å². The van der Waals surface area contributed by atoms with Crippen LogP contribution in [0.15, 0.2) is 17.5 Å². The third-order valence-electron chi connectivity index (χ3n) is 1.98. The van der Waals surface area contributed by atoms with Gasteiger partial charge in [-0.1, -0.05) is 19.9 Å². The summed E-state index contributed by atoms with van der Waals surface area (Å²) >= 11 is 1.31. The lowest BCUT2D eigenvalue weighted by Crippen LogP contribution is -2.39. The van der Waals surface area contributed by atoms with Gasteiger partial charge in [-0.25, -0.2) is 4.79 Å². The minimum absolute atomic E-state index is 0.350. The van der Waals surface area contributed by atoms with Crippen molar-refractivity contribution in [1.29, 1.82) is 0 Å². The fraction of sp³-hybridized carbons (Fsp3) is 0.455. The molecule has 3 amide bonds. The Labute approximate surface area is 99.0 Å². The number of hydrogen-bond acceptors (Lipinski definition) is 3. The molecule has 0 atom stereocenters. The Morgan fingerprint density at radius 1 is 1.44 bits per heavy atom. The Bertz CT molecular complexity index is 347. The summed E-state index contributed by atoms with van der Waals surface area (Å²) in [6, 6.07) is 3.02. The number of urea groups is 1. The van der Waals surface area contributed by atoms with Crippen molar-refractivity contribution >= 4 is 23.3 Å². The van der Waals surface area contributed by atoms with E-state index >= 15 is 0 Å². The van der Waals surface area contributed by atoms with Crippen LogP contribution < -0.4 is 10.6 Å². The summed E-state index contributed by atoms with van der Waals surface area (Å²) in [7, 11) is 0. The molecular weight excluding hydrogens is 224 g/mol. The number of carbonyl (C=O) groups is 2. The van der Waals surface area contributed by atoms with Gasteiger partial charge in [0.1, 0.15) is 0 Å². The first-order valence-corrected chi connectivity index (χ1v) is 6.10. The van der Waals surface area contributed by atoms with Crippen LogP contribution in [0, 0.1) is 5.92 Å². The first-order valence-electron chi connectivity index (χ1n) is 5.22. The van der Waals surface area contributed by atoms with Crippen LogP contribution in [0.5, 0.6) is 0 Å². The second-order valence-corrected chi connectivity index (χ2v) is 4.82. The maximum absolute atomic E-state index is 11.5. The summed E-state index contributed by atoms with van der Waals surface area (Å²) in [6.07, 6.45) is 0.903. The molecule has 0 radical (unpaired) electrons. The molecule has 88 valence electrons. The highest BCUT2D eigenvalue weighted by molar-refractivity contribution is 7.12. The highest BCUT2D eigenvalue weighted by Crippen LogP contribution is 2.07. The zero-order chi connectivity index (χ0) is 12.0. The fourth-order valence-electron chi connectivity index (χ4n) is 1.09. The van der Waals surface area contributed by atoms with Crippen LogP contribution in [0.1, 0.15) is 29.9 Å². The molecule has 1 aromatic rings. The lowest BCUT2D eigenvalue weighted by Gasteiger charge is -2.07. The molecule has 4 nitrogen and oxygen atoms in total. The van der Waals surface area contributed by atoms with Crippen molar-refractivity contribution in [2.24, 2.45) is 5.92 Å². The van der Waals surface area contributed by atoms with Crippen molar-refractivity contribution in [2.75, 3.05) is 6.54 Å². The van der Waals surface area contributed by atoms with Crippen LogP contribution in [0.3, 0.4) is 0 Å². The van der Waals surface area contributed by atoms with Crippen LogP contribution >= 0.6 is 11.3 Å². The Kier molecular flexibility index (Phi) is 4.98. The Balaban J connectivity index is 2.27. The van der Waals surface area contributed by atoms with E-state index in [0.717, 1.165) is 6.42 Å². The lowest BCUT2D eigenvalue weighted by molar-refractivity contribution is 0.0968. The highest BCUT2D eigenvalue weighted by Gasteiger charge is 2.10. The minimum atomic E-state index is -0.431. The van der Waals surface area contributed by atoms with E-state index in [9.17, 15) is 9.59 Å². The highest BCUT2D eigenvalue weighted by atomic mass is 32.1. The molecule has 0 saturated carbocycles. The van der Waals surface area contributed by atoms with Crippen LogP contribution in [0.2, 0.25) is 0 Å². The van der Waals surface area contributed by atoms with E-state index in [2.05, 4.69) is 24.5 Å². The van der Waals surface area contributed by atoms with Crippen LogP contribution in [-0.4, -0.2) is 18.5 Å². The predicted octanol–water partition coefficient (Wildman–Crippen LogP) is 2.23.